The summed E-state index contributed by atoms with van der Waals surface area (Å²) < 4.78 is 0. The maximum absolute atomic E-state index is 13.1. The zero-order chi connectivity index (χ0) is 20.9. The smallest absolute Gasteiger partial charge is 0.241 e. The molecule has 0 aromatic heterocycles. The molecule has 2 aliphatic carbocycles. The van der Waals surface area contributed by atoms with E-state index in [4.69, 9.17) is 0 Å². The van der Waals surface area contributed by atoms with Crippen molar-refractivity contribution in [2.75, 3.05) is 6.54 Å². The summed E-state index contributed by atoms with van der Waals surface area (Å²) in [6.07, 6.45) is 5.00. The molecule has 152 valence electrons. The Bertz CT molecular complexity index is 961. The van der Waals surface area contributed by atoms with Crippen LogP contribution in [0.5, 0.6) is 0 Å². The van der Waals surface area contributed by atoms with Crippen molar-refractivity contribution in [1.29, 1.82) is 0 Å². The summed E-state index contributed by atoms with van der Waals surface area (Å²) in [5.74, 6) is -1.01. The summed E-state index contributed by atoms with van der Waals surface area (Å²) in [4.78, 5) is 40.1. The highest BCUT2D eigenvalue weighted by Gasteiger charge is 2.59. The first-order valence-electron chi connectivity index (χ1n) is 10.4. The zero-order valence-corrected chi connectivity index (χ0v) is 16.8. The Labute approximate surface area is 175 Å². The number of amides is 3. The molecule has 4 unspecified atom stereocenters. The number of allylic oxidation sites excluding steroid dienone is 2. The Morgan fingerprint density at radius 1 is 0.900 bits per heavy atom. The molecule has 30 heavy (non-hydrogen) atoms. The Hall–Kier alpha value is -3.21. The van der Waals surface area contributed by atoms with E-state index < -0.39 is 5.54 Å². The SMILES string of the molecule is CC(NC(=O)CN1C(=O)C2C3C=CC(C3)C2C1=O)(c1ccccc1)c1ccccc1. The Kier molecular flexibility index (Phi) is 4.35. The molecule has 2 bridgehead atoms. The van der Waals surface area contributed by atoms with Gasteiger partial charge in [-0.15, -0.1) is 0 Å². The number of imide groups is 1. The number of hydrogen-bond acceptors (Lipinski definition) is 3. The first-order chi connectivity index (χ1) is 14.5. The maximum Gasteiger partial charge on any atom is 0.241 e. The second-order valence-corrected chi connectivity index (χ2v) is 8.67. The number of carbonyl (C=O) groups is 3. The lowest BCUT2D eigenvalue weighted by Gasteiger charge is -2.33. The van der Waals surface area contributed by atoms with E-state index in [-0.39, 0.29) is 47.9 Å². The highest BCUT2D eigenvalue weighted by atomic mass is 16.2. The molecule has 4 atom stereocenters. The molecular weight excluding hydrogens is 376 g/mol. The van der Waals surface area contributed by atoms with Crippen molar-refractivity contribution in [3.63, 3.8) is 0 Å². The third-order valence-corrected chi connectivity index (χ3v) is 6.96. The van der Waals surface area contributed by atoms with Crippen molar-refractivity contribution in [1.82, 2.24) is 10.2 Å². The van der Waals surface area contributed by atoms with Gasteiger partial charge in [0.2, 0.25) is 17.7 Å². The minimum Gasteiger partial charge on any atom is -0.341 e. The number of fused-ring (bicyclic) bond motifs is 5. The van der Waals surface area contributed by atoms with Crippen molar-refractivity contribution >= 4 is 17.7 Å². The minimum absolute atomic E-state index is 0.142. The molecule has 2 aromatic rings. The molecule has 5 rings (SSSR count). The van der Waals surface area contributed by atoms with Gasteiger partial charge in [0, 0.05) is 0 Å². The van der Waals surface area contributed by atoms with Gasteiger partial charge in [0.1, 0.15) is 6.54 Å². The van der Waals surface area contributed by atoms with Crippen molar-refractivity contribution < 1.29 is 14.4 Å². The van der Waals surface area contributed by atoms with Crippen LogP contribution in [0.3, 0.4) is 0 Å². The Balaban J connectivity index is 1.38. The molecule has 2 fully saturated rings. The fourth-order valence-corrected chi connectivity index (χ4v) is 5.44. The van der Waals surface area contributed by atoms with Gasteiger partial charge in [-0.3, -0.25) is 19.3 Å². The lowest BCUT2D eigenvalue weighted by Crippen LogP contribution is -2.49. The van der Waals surface area contributed by atoms with Gasteiger partial charge < -0.3 is 5.32 Å². The number of rotatable bonds is 5. The van der Waals surface area contributed by atoms with Gasteiger partial charge in [0.05, 0.1) is 17.4 Å². The number of nitrogens with one attached hydrogen (secondary N) is 1. The van der Waals surface area contributed by atoms with E-state index in [0.717, 1.165) is 17.5 Å². The van der Waals surface area contributed by atoms with Crippen LogP contribution in [0.4, 0.5) is 0 Å². The van der Waals surface area contributed by atoms with E-state index in [1.807, 2.05) is 67.6 Å². The fraction of sp³-hybridized carbons (Fsp3) is 0.320. The summed E-state index contributed by atoms with van der Waals surface area (Å²) >= 11 is 0. The van der Waals surface area contributed by atoms with Crippen molar-refractivity contribution in [2.45, 2.75) is 18.9 Å². The standard InChI is InChI=1S/C25H24N2O3/c1-25(18-8-4-2-5-9-18,19-10-6-3-7-11-19)26-20(28)15-27-23(29)21-16-12-13-17(14-16)22(21)24(27)30/h2-13,16-17,21-22H,14-15H2,1H3,(H,26,28). The minimum atomic E-state index is -0.776. The lowest BCUT2D eigenvalue weighted by atomic mass is 9.84. The molecule has 3 aliphatic rings. The van der Waals surface area contributed by atoms with Crippen LogP contribution in [-0.2, 0) is 19.9 Å². The van der Waals surface area contributed by atoms with Crippen LogP contribution in [0.1, 0.15) is 24.5 Å². The molecule has 5 nitrogen and oxygen atoms in total. The van der Waals surface area contributed by atoms with Gasteiger partial charge in [-0.1, -0.05) is 72.8 Å². The zero-order valence-electron chi connectivity index (χ0n) is 16.8. The summed E-state index contributed by atoms with van der Waals surface area (Å²) in [7, 11) is 0. The molecule has 1 N–H and O–H groups in total. The quantitative estimate of drug-likeness (QED) is 0.620. The second kappa shape index (κ2) is 6.94. The number of likely N-dealkylation sites (tertiary alicyclic amines) is 1. The van der Waals surface area contributed by atoms with Crippen LogP contribution in [0.25, 0.3) is 0 Å². The van der Waals surface area contributed by atoms with E-state index in [1.54, 1.807) is 0 Å². The molecule has 1 heterocycles. The predicted molar refractivity (Wildman–Crippen MR) is 112 cm³/mol. The van der Waals surface area contributed by atoms with Crippen LogP contribution in [0.2, 0.25) is 0 Å². The monoisotopic (exact) mass is 400 g/mol. The molecule has 1 aliphatic heterocycles. The number of nitrogens with zero attached hydrogens (tertiary/aromatic N) is 1. The topological polar surface area (TPSA) is 66.5 Å². The molecule has 3 amide bonds. The fourth-order valence-electron chi connectivity index (χ4n) is 5.44. The number of carbonyl (C=O) groups excluding carboxylic acids is 3. The molecular formula is C25H24N2O3. The molecule has 0 radical (unpaired) electrons. The van der Waals surface area contributed by atoms with Gasteiger partial charge in [-0.25, -0.2) is 0 Å². The first-order valence-corrected chi connectivity index (χ1v) is 10.4. The van der Waals surface area contributed by atoms with E-state index in [0.29, 0.717) is 0 Å². The highest BCUT2D eigenvalue weighted by molar-refractivity contribution is 6.08. The summed E-state index contributed by atoms with van der Waals surface area (Å²) in [6.45, 7) is 1.71. The van der Waals surface area contributed by atoms with Crippen LogP contribution < -0.4 is 5.32 Å². The Morgan fingerprint density at radius 2 is 1.37 bits per heavy atom. The first kappa shape index (κ1) is 18.8. The lowest BCUT2D eigenvalue weighted by molar-refractivity contribution is -0.144. The van der Waals surface area contributed by atoms with E-state index in [1.165, 1.54) is 4.90 Å². The molecule has 5 heteroatoms. The highest BCUT2D eigenvalue weighted by Crippen LogP contribution is 2.52. The molecule has 2 aromatic carbocycles. The third kappa shape index (κ3) is 2.80. The van der Waals surface area contributed by atoms with Crippen LogP contribution in [0, 0.1) is 23.7 Å². The van der Waals surface area contributed by atoms with Gasteiger partial charge >= 0.3 is 0 Å². The predicted octanol–water partition coefficient (Wildman–Crippen LogP) is 2.87. The van der Waals surface area contributed by atoms with Gasteiger partial charge in [-0.05, 0) is 36.3 Å². The summed E-state index contributed by atoms with van der Waals surface area (Å²) in [6, 6.07) is 19.4. The van der Waals surface area contributed by atoms with Crippen molar-refractivity contribution in [3.8, 4) is 0 Å². The number of benzene rings is 2. The third-order valence-electron chi connectivity index (χ3n) is 6.96. The van der Waals surface area contributed by atoms with Crippen molar-refractivity contribution in [3.05, 3.63) is 83.9 Å². The number of hydrogen-bond donors (Lipinski definition) is 1. The van der Waals surface area contributed by atoms with Gasteiger partial charge in [-0.2, -0.15) is 0 Å². The summed E-state index contributed by atoms with van der Waals surface area (Å²) in [5.41, 5.74) is 1.09. The van der Waals surface area contributed by atoms with Gasteiger partial charge in [0.15, 0.2) is 0 Å². The maximum atomic E-state index is 13.1. The normalized spacial score (nSPS) is 26.9. The van der Waals surface area contributed by atoms with Crippen LogP contribution in [-0.4, -0.2) is 29.2 Å². The van der Waals surface area contributed by atoms with Crippen molar-refractivity contribution in [2.24, 2.45) is 23.7 Å². The van der Waals surface area contributed by atoms with E-state index in [2.05, 4.69) is 17.5 Å². The van der Waals surface area contributed by atoms with Crippen LogP contribution >= 0.6 is 0 Å². The molecule has 1 saturated heterocycles. The average Bonchev–Trinajstić information content (AvgIpc) is 3.45. The molecule has 0 spiro atoms. The largest absolute Gasteiger partial charge is 0.341 e. The second-order valence-electron chi connectivity index (χ2n) is 8.67. The van der Waals surface area contributed by atoms with E-state index >= 15 is 0 Å². The average molecular weight is 400 g/mol. The van der Waals surface area contributed by atoms with E-state index in [9.17, 15) is 14.4 Å². The molecule has 1 saturated carbocycles. The van der Waals surface area contributed by atoms with Crippen LogP contribution in [0.15, 0.2) is 72.8 Å². The summed E-state index contributed by atoms with van der Waals surface area (Å²) in [5, 5.41) is 3.10. The Morgan fingerprint density at radius 3 is 1.83 bits per heavy atom. The van der Waals surface area contributed by atoms with Gasteiger partial charge in [0.25, 0.3) is 0 Å².